The molecule has 94 valence electrons. The molecule has 4 heteroatoms. The molecular formula is C15H14N4. The van der Waals surface area contributed by atoms with Gasteiger partial charge in [0.15, 0.2) is 5.82 Å². The number of benzene rings is 2. The molecule has 0 fully saturated rings. The van der Waals surface area contributed by atoms with Crippen molar-refractivity contribution in [2.75, 3.05) is 11.1 Å². The monoisotopic (exact) mass is 250 g/mol. The van der Waals surface area contributed by atoms with Crippen molar-refractivity contribution in [1.82, 2.24) is 10.2 Å². The number of hydrogen-bond donors (Lipinski definition) is 2. The van der Waals surface area contributed by atoms with E-state index < -0.39 is 0 Å². The molecule has 0 bridgehead atoms. The SMILES string of the molecule is Cc1nnc(Nc2ccc(N)cc2)c2ccccc12. The van der Waals surface area contributed by atoms with E-state index in [9.17, 15) is 0 Å². The first-order valence-electron chi connectivity index (χ1n) is 6.08. The van der Waals surface area contributed by atoms with Gasteiger partial charge in [-0.25, -0.2) is 0 Å². The van der Waals surface area contributed by atoms with Gasteiger partial charge in [0.2, 0.25) is 0 Å². The summed E-state index contributed by atoms with van der Waals surface area (Å²) in [6.07, 6.45) is 0. The fourth-order valence-corrected chi connectivity index (χ4v) is 2.03. The standard InChI is InChI=1S/C15H14N4/c1-10-13-4-2-3-5-14(13)15(19-18-10)17-12-8-6-11(16)7-9-12/h2-9H,16H2,1H3,(H,17,19). The molecule has 19 heavy (non-hydrogen) atoms. The summed E-state index contributed by atoms with van der Waals surface area (Å²) < 4.78 is 0. The van der Waals surface area contributed by atoms with Crippen LogP contribution in [0, 0.1) is 6.92 Å². The van der Waals surface area contributed by atoms with Gasteiger partial charge in [-0.3, -0.25) is 0 Å². The van der Waals surface area contributed by atoms with Crippen LogP contribution in [0.15, 0.2) is 48.5 Å². The second-order valence-corrected chi connectivity index (χ2v) is 4.43. The van der Waals surface area contributed by atoms with Crippen LogP contribution in [0.1, 0.15) is 5.69 Å². The fraction of sp³-hybridized carbons (Fsp3) is 0.0667. The van der Waals surface area contributed by atoms with Gasteiger partial charge in [0.05, 0.1) is 5.69 Å². The van der Waals surface area contributed by atoms with Crippen molar-refractivity contribution in [2.24, 2.45) is 0 Å². The van der Waals surface area contributed by atoms with Gasteiger partial charge < -0.3 is 11.1 Å². The fourth-order valence-electron chi connectivity index (χ4n) is 2.03. The van der Waals surface area contributed by atoms with Crippen LogP contribution >= 0.6 is 0 Å². The molecular weight excluding hydrogens is 236 g/mol. The van der Waals surface area contributed by atoms with Crippen molar-refractivity contribution in [3.63, 3.8) is 0 Å². The molecule has 0 aliphatic heterocycles. The molecule has 0 amide bonds. The van der Waals surface area contributed by atoms with Gasteiger partial charge in [0.1, 0.15) is 0 Å². The Hall–Kier alpha value is -2.62. The Morgan fingerprint density at radius 3 is 2.32 bits per heavy atom. The molecule has 0 aliphatic rings. The minimum Gasteiger partial charge on any atom is -0.399 e. The van der Waals surface area contributed by atoms with E-state index in [1.165, 1.54) is 0 Å². The molecule has 0 spiro atoms. The molecule has 1 heterocycles. The predicted molar refractivity (Wildman–Crippen MR) is 78.4 cm³/mol. The molecule has 0 saturated carbocycles. The summed E-state index contributed by atoms with van der Waals surface area (Å²) in [5.74, 6) is 0.756. The largest absolute Gasteiger partial charge is 0.399 e. The topological polar surface area (TPSA) is 63.8 Å². The molecule has 3 rings (SSSR count). The molecule has 1 aromatic heterocycles. The Labute approximate surface area is 111 Å². The van der Waals surface area contributed by atoms with Crippen molar-refractivity contribution in [1.29, 1.82) is 0 Å². The maximum Gasteiger partial charge on any atom is 0.160 e. The van der Waals surface area contributed by atoms with E-state index in [1.807, 2.05) is 55.5 Å². The van der Waals surface area contributed by atoms with E-state index in [0.717, 1.165) is 33.7 Å². The van der Waals surface area contributed by atoms with Crippen molar-refractivity contribution < 1.29 is 0 Å². The Morgan fingerprint density at radius 2 is 1.58 bits per heavy atom. The van der Waals surface area contributed by atoms with Gasteiger partial charge >= 0.3 is 0 Å². The molecule has 0 radical (unpaired) electrons. The summed E-state index contributed by atoms with van der Waals surface area (Å²) in [6, 6.07) is 15.6. The van der Waals surface area contributed by atoms with Gasteiger partial charge in [0, 0.05) is 22.1 Å². The van der Waals surface area contributed by atoms with Crippen LogP contribution in [-0.2, 0) is 0 Å². The Morgan fingerprint density at radius 1 is 0.895 bits per heavy atom. The van der Waals surface area contributed by atoms with Crippen molar-refractivity contribution in [2.45, 2.75) is 6.92 Å². The molecule has 0 atom stereocenters. The third kappa shape index (κ3) is 2.20. The van der Waals surface area contributed by atoms with Crippen LogP contribution in [0.5, 0.6) is 0 Å². The third-order valence-corrected chi connectivity index (χ3v) is 3.05. The van der Waals surface area contributed by atoms with Crippen LogP contribution < -0.4 is 11.1 Å². The number of anilines is 3. The molecule has 0 unspecified atom stereocenters. The summed E-state index contributed by atoms with van der Waals surface area (Å²) >= 11 is 0. The first-order chi connectivity index (χ1) is 9.24. The zero-order valence-corrected chi connectivity index (χ0v) is 10.6. The molecule has 3 N–H and O–H groups in total. The van der Waals surface area contributed by atoms with E-state index in [1.54, 1.807) is 0 Å². The third-order valence-electron chi connectivity index (χ3n) is 3.05. The molecule has 2 aromatic carbocycles. The number of rotatable bonds is 2. The van der Waals surface area contributed by atoms with Crippen molar-refractivity contribution in [3.8, 4) is 0 Å². The first-order valence-corrected chi connectivity index (χ1v) is 6.08. The number of nitrogen functional groups attached to an aromatic ring is 1. The van der Waals surface area contributed by atoms with Crippen LogP contribution in [0.4, 0.5) is 17.2 Å². The lowest BCUT2D eigenvalue weighted by Gasteiger charge is -2.09. The number of nitrogens with two attached hydrogens (primary N) is 1. The van der Waals surface area contributed by atoms with Crippen LogP contribution in [0.2, 0.25) is 0 Å². The second kappa shape index (κ2) is 4.57. The Kier molecular flexibility index (Phi) is 2.76. The zero-order valence-electron chi connectivity index (χ0n) is 10.6. The molecule has 4 nitrogen and oxygen atoms in total. The highest BCUT2D eigenvalue weighted by Crippen LogP contribution is 2.25. The predicted octanol–water partition coefficient (Wildman–Crippen LogP) is 3.26. The molecule has 3 aromatic rings. The number of fused-ring (bicyclic) bond motifs is 1. The highest BCUT2D eigenvalue weighted by Gasteiger charge is 2.06. The summed E-state index contributed by atoms with van der Waals surface area (Å²) in [6.45, 7) is 1.96. The lowest BCUT2D eigenvalue weighted by molar-refractivity contribution is 1.01. The van der Waals surface area contributed by atoms with Gasteiger partial charge in [-0.2, -0.15) is 5.10 Å². The quantitative estimate of drug-likeness (QED) is 0.685. The smallest absolute Gasteiger partial charge is 0.160 e. The van der Waals surface area contributed by atoms with Gasteiger partial charge in [-0.05, 0) is 31.2 Å². The van der Waals surface area contributed by atoms with Crippen LogP contribution in [0.25, 0.3) is 10.8 Å². The second-order valence-electron chi connectivity index (χ2n) is 4.43. The van der Waals surface area contributed by atoms with Crippen LogP contribution in [-0.4, -0.2) is 10.2 Å². The Bertz CT molecular complexity index is 720. The van der Waals surface area contributed by atoms with Gasteiger partial charge in [-0.15, -0.1) is 5.10 Å². The summed E-state index contributed by atoms with van der Waals surface area (Å²) in [7, 11) is 0. The van der Waals surface area contributed by atoms with Gasteiger partial charge in [-0.1, -0.05) is 24.3 Å². The maximum atomic E-state index is 5.67. The van der Waals surface area contributed by atoms with Crippen LogP contribution in [0.3, 0.4) is 0 Å². The molecule has 0 aliphatic carbocycles. The normalized spacial score (nSPS) is 10.6. The number of aromatic nitrogens is 2. The molecule has 0 saturated heterocycles. The minimum atomic E-state index is 0.741. The first kappa shape index (κ1) is 11.5. The lowest BCUT2D eigenvalue weighted by atomic mass is 10.1. The average Bonchev–Trinajstić information content (AvgIpc) is 2.45. The van der Waals surface area contributed by atoms with E-state index in [2.05, 4.69) is 15.5 Å². The van der Waals surface area contributed by atoms with E-state index in [-0.39, 0.29) is 0 Å². The number of hydrogen-bond acceptors (Lipinski definition) is 4. The average molecular weight is 250 g/mol. The zero-order chi connectivity index (χ0) is 13.2. The summed E-state index contributed by atoms with van der Waals surface area (Å²) in [5, 5.41) is 13.9. The van der Waals surface area contributed by atoms with E-state index in [0.29, 0.717) is 0 Å². The highest BCUT2D eigenvalue weighted by molar-refractivity contribution is 5.94. The summed E-state index contributed by atoms with van der Waals surface area (Å²) in [5.41, 5.74) is 8.29. The highest BCUT2D eigenvalue weighted by atomic mass is 15.2. The van der Waals surface area contributed by atoms with E-state index >= 15 is 0 Å². The van der Waals surface area contributed by atoms with E-state index in [4.69, 9.17) is 5.73 Å². The van der Waals surface area contributed by atoms with Gasteiger partial charge in [0.25, 0.3) is 0 Å². The number of nitrogens with zero attached hydrogens (tertiary/aromatic N) is 2. The van der Waals surface area contributed by atoms with Crippen molar-refractivity contribution >= 4 is 28.0 Å². The summed E-state index contributed by atoms with van der Waals surface area (Å²) in [4.78, 5) is 0. The number of nitrogens with one attached hydrogen (secondary N) is 1. The Balaban J connectivity index is 2.06. The number of aryl methyl sites for hydroxylation is 1. The minimum absolute atomic E-state index is 0.741. The maximum absolute atomic E-state index is 5.67. The lowest BCUT2D eigenvalue weighted by Crippen LogP contribution is -1.99. The van der Waals surface area contributed by atoms with Crippen molar-refractivity contribution in [3.05, 3.63) is 54.2 Å².